The van der Waals surface area contributed by atoms with Gasteiger partial charge in [-0.2, -0.15) is 0 Å². The van der Waals surface area contributed by atoms with E-state index in [1.807, 2.05) is 19.1 Å². The van der Waals surface area contributed by atoms with E-state index in [0.717, 1.165) is 24.8 Å². The van der Waals surface area contributed by atoms with Gasteiger partial charge in [0.05, 0.1) is 5.41 Å². The highest BCUT2D eigenvalue weighted by atomic mass is 32.2. The van der Waals surface area contributed by atoms with Crippen molar-refractivity contribution < 1.29 is 4.79 Å². The van der Waals surface area contributed by atoms with Gasteiger partial charge in [0.25, 0.3) is 0 Å². The topological polar surface area (TPSA) is 81.5 Å². The maximum Gasteiger partial charge on any atom is 0.227 e. The molecule has 4 N–H and O–H groups in total. The van der Waals surface area contributed by atoms with Crippen molar-refractivity contribution in [3.63, 3.8) is 0 Å². The molecule has 1 aromatic carbocycles. The van der Waals surface area contributed by atoms with Gasteiger partial charge < -0.3 is 11.5 Å². The van der Waals surface area contributed by atoms with Gasteiger partial charge in [-0.25, -0.2) is 0 Å². The number of fused-ring (bicyclic) bond motifs is 3. The fourth-order valence-corrected chi connectivity index (χ4v) is 4.69. The smallest absolute Gasteiger partial charge is 0.227 e. The van der Waals surface area contributed by atoms with E-state index in [4.69, 9.17) is 11.5 Å². The lowest BCUT2D eigenvalue weighted by Crippen LogP contribution is -2.55. The van der Waals surface area contributed by atoms with Crippen molar-refractivity contribution in [3.8, 4) is 0 Å². The van der Waals surface area contributed by atoms with Crippen LogP contribution < -0.4 is 11.5 Å². The molecular formula is C15H18N3OS. The van der Waals surface area contributed by atoms with E-state index in [1.54, 1.807) is 0 Å². The van der Waals surface area contributed by atoms with E-state index in [-0.39, 0.29) is 5.91 Å². The third kappa shape index (κ3) is 1.69. The Hall–Kier alpha value is -1.49. The minimum atomic E-state index is -0.683. The molecule has 5 heteroatoms. The normalized spacial score (nSPS) is 32.5. The molecule has 0 unspecified atom stereocenters. The summed E-state index contributed by atoms with van der Waals surface area (Å²) in [5, 5.41) is 0.529. The number of hydrogen-bond acceptors (Lipinski definition) is 4. The number of primary amides is 1. The summed E-state index contributed by atoms with van der Waals surface area (Å²) in [5.41, 5.74) is 12.7. The number of thioether (sulfide) groups is 1. The number of amidine groups is 1. The summed E-state index contributed by atoms with van der Waals surface area (Å²) in [6.45, 7) is 1.99. The van der Waals surface area contributed by atoms with E-state index < -0.39 is 11.0 Å². The van der Waals surface area contributed by atoms with Gasteiger partial charge in [0.15, 0.2) is 5.17 Å². The van der Waals surface area contributed by atoms with Crippen molar-refractivity contribution >= 4 is 22.8 Å². The molecule has 0 spiro atoms. The SMILES string of the molecule is C[C@@]12N=C(N)SC[C@@]1(C(N)=O)CCCc1cc[c]cc12. The number of benzene rings is 1. The van der Waals surface area contributed by atoms with Crippen LogP contribution in [0.25, 0.3) is 0 Å². The molecule has 0 saturated heterocycles. The zero-order valence-electron chi connectivity index (χ0n) is 11.5. The minimum absolute atomic E-state index is 0.277. The molecule has 1 amide bonds. The second-order valence-electron chi connectivity index (χ2n) is 5.69. The standard InChI is InChI=1S/C15H18N3OS/c1-14-11-7-3-2-5-10(11)6-4-8-15(14,12(16)19)9-20-13(17)18-14/h2,5,7H,4,6,8-9H2,1H3,(H2,16,19)(H2,17,18)/t14-,15+/m0/s1. The zero-order valence-corrected chi connectivity index (χ0v) is 12.3. The van der Waals surface area contributed by atoms with Crippen molar-refractivity contribution in [1.82, 2.24) is 0 Å². The average molecular weight is 288 g/mol. The van der Waals surface area contributed by atoms with Gasteiger partial charge in [-0.1, -0.05) is 23.9 Å². The lowest BCUT2D eigenvalue weighted by Gasteiger charge is -2.46. The van der Waals surface area contributed by atoms with E-state index in [2.05, 4.69) is 17.1 Å². The molecule has 105 valence electrons. The van der Waals surface area contributed by atoms with Crippen molar-refractivity contribution in [3.05, 3.63) is 35.4 Å². The largest absolute Gasteiger partial charge is 0.379 e. The fraction of sp³-hybridized carbons (Fsp3) is 0.467. The molecule has 1 heterocycles. The Kier molecular flexibility index (Phi) is 3.05. The number of carbonyl (C=O) groups excluding carboxylic acids is 1. The molecule has 0 saturated carbocycles. The third-order valence-corrected chi connectivity index (χ3v) is 5.76. The summed E-state index contributed by atoms with van der Waals surface area (Å²) in [6.07, 6.45) is 2.62. The Balaban J connectivity index is 2.30. The Morgan fingerprint density at radius 1 is 1.55 bits per heavy atom. The van der Waals surface area contributed by atoms with Crippen molar-refractivity contribution in [2.45, 2.75) is 31.7 Å². The average Bonchev–Trinajstić information content (AvgIpc) is 2.53. The molecule has 3 rings (SSSR count). The van der Waals surface area contributed by atoms with Crippen LogP contribution in [0.2, 0.25) is 0 Å². The summed E-state index contributed by atoms with van der Waals surface area (Å²) < 4.78 is 0. The van der Waals surface area contributed by atoms with Gasteiger partial charge in [0, 0.05) is 5.75 Å². The first kappa shape index (κ1) is 13.5. The van der Waals surface area contributed by atoms with E-state index >= 15 is 0 Å². The van der Waals surface area contributed by atoms with Crippen LogP contribution in [-0.4, -0.2) is 16.8 Å². The van der Waals surface area contributed by atoms with Gasteiger partial charge >= 0.3 is 0 Å². The highest BCUT2D eigenvalue weighted by molar-refractivity contribution is 8.13. The number of aryl methyl sites for hydroxylation is 1. The molecule has 0 aromatic heterocycles. The number of hydrogen-bond donors (Lipinski definition) is 2. The Labute approximate surface area is 123 Å². The van der Waals surface area contributed by atoms with Gasteiger partial charge in [0.1, 0.15) is 5.54 Å². The van der Waals surface area contributed by atoms with Crippen LogP contribution in [0.15, 0.2) is 23.2 Å². The quantitative estimate of drug-likeness (QED) is 0.823. The number of nitrogens with zero attached hydrogens (tertiary/aromatic N) is 1. The number of rotatable bonds is 1. The third-order valence-electron chi connectivity index (χ3n) is 4.73. The second-order valence-corrected chi connectivity index (χ2v) is 6.69. The lowest BCUT2D eigenvalue weighted by molar-refractivity contribution is -0.130. The molecule has 1 aliphatic heterocycles. The predicted octanol–water partition coefficient (Wildman–Crippen LogP) is 1.57. The van der Waals surface area contributed by atoms with Crippen LogP contribution in [0.1, 0.15) is 30.9 Å². The summed E-state index contributed by atoms with van der Waals surface area (Å²) in [5.74, 6) is 0.322. The van der Waals surface area contributed by atoms with Crippen LogP contribution in [0.4, 0.5) is 0 Å². The molecule has 1 radical (unpaired) electrons. The Morgan fingerprint density at radius 3 is 3.10 bits per heavy atom. The Morgan fingerprint density at radius 2 is 2.35 bits per heavy atom. The first-order chi connectivity index (χ1) is 9.49. The van der Waals surface area contributed by atoms with E-state index in [0.29, 0.717) is 10.9 Å². The van der Waals surface area contributed by atoms with Crippen molar-refractivity contribution in [2.24, 2.45) is 21.9 Å². The molecule has 0 fully saturated rings. The highest BCUT2D eigenvalue weighted by Gasteiger charge is 2.57. The summed E-state index contributed by atoms with van der Waals surface area (Å²) in [4.78, 5) is 16.9. The fourth-order valence-electron chi connectivity index (χ4n) is 3.48. The van der Waals surface area contributed by atoms with Crippen LogP contribution in [-0.2, 0) is 16.8 Å². The molecule has 2 aliphatic rings. The first-order valence-electron chi connectivity index (χ1n) is 6.77. The molecule has 4 nitrogen and oxygen atoms in total. The minimum Gasteiger partial charge on any atom is -0.379 e. The van der Waals surface area contributed by atoms with E-state index in [1.165, 1.54) is 17.3 Å². The summed E-state index contributed by atoms with van der Waals surface area (Å²) >= 11 is 1.43. The monoisotopic (exact) mass is 288 g/mol. The molecular weight excluding hydrogens is 270 g/mol. The van der Waals surface area contributed by atoms with E-state index in [9.17, 15) is 4.79 Å². The van der Waals surface area contributed by atoms with Crippen LogP contribution in [0.5, 0.6) is 0 Å². The zero-order chi connectivity index (χ0) is 14.4. The second kappa shape index (κ2) is 4.52. The summed E-state index contributed by atoms with van der Waals surface area (Å²) in [7, 11) is 0. The summed E-state index contributed by atoms with van der Waals surface area (Å²) in [6, 6.07) is 9.01. The van der Waals surface area contributed by atoms with Crippen LogP contribution >= 0.6 is 11.8 Å². The number of aliphatic imine (C=N–C) groups is 1. The van der Waals surface area contributed by atoms with Crippen molar-refractivity contribution in [1.29, 1.82) is 0 Å². The van der Waals surface area contributed by atoms with Gasteiger partial charge in [-0.15, -0.1) is 0 Å². The van der Waals surface area contributed by atoms with Gasteiger partial charge in [-0.05, 0) is 49.4 Å². The predicted molar refractivity (Wildman–Crippen MR) is 81.3 cm³/mol. The number of nitrogens with two attached hydrogens (primary N) is 2. The molecule has 2 atom stereocenters. The first-order valence-corrected chi connectivity index (χ1v) is 7.76. The molecule has 1 aromatic rings. The van der Waals surface area contributed by atoms with Gasteiger partial charge in [-0.3, -0.25) is 9.79 Å². The Bertz CT molecular complexity index is 601. The number of amides is 1. The number of carbonyl (C=O) groups is 1. The highest BCUT2D eigenvalue weighted by Crippen LogP contribution is 2.53. The maximum absolute atomic E-state index is 12.3. The van der Waals surface area contributed by atoms with Crippen LogP contribution in [0.3, 0.4) is 0 Å². The molecule has 1 aliphatic carbocycles. The van der Waals surface area contributed by atoms with Crippen LogP contribution in [0, 0.1) is 11.5 Å². The van der Waals surface area contributed by atoms with Crippen molar-refractivity contribution in [2.75, 3.05) is 5.75 Å². The van der Waals surface area contributed by atoms with Gasteiger partial charge in [0.2, 0.25) is 5.91 Å². The maximum atomic E-state index is 12.3. The molecule has 0 bridgehead atoms. The lowest BCUT2D eigenvalue weighted by atomic mass is 9.66. The molecule has 20 heavy (non-hydrogen) atoms.